The summed E-state index contributed by atoms with van der Waals surface area (Å²) < 4.78 is 114. The number of hydrogen-bond acceptors (Lipinski definition) is 8. The number of thiophene rings is 1. The van der Waals surface area contributed by atoms with E-state index in [1.807, 2.05) is 33.0 Å². The van der Waals surface area contributed by atoms with Crippen LogP contribution in [0.2, 0.25) is 0 Å². The van der Waals surface area contributed by atoms with E-state index in [0.29, 0.717) is 88.5 Å². The predicted molar refractivity (Wildman–Crippen MR) is 235 cm³/mol. The van der Waals surface area contributed by atoms with Gasteiger partial charge in [0, 0.05) is 39.8 Å². The number of halogens is 8. The van der Waals surface area contributed by atoms with Crippen LogP contribution in [0.1, 0.15) is 78.5 Å². The van der Waals surface area contributed by atoms with Crippen molar-refractivity contribution in [2.24, 2.45) is 5.92 Å². The van der Waals surface area contributed by atoms with Gasteiger partial charge in [0.25, 0.3) is 5.91 Å². The molecule has 1 fully saturated rings. The van der Waals surface area contributed by atoms with Crippen molar-refractivity contribution in [1.29, 1.82) is 0 Å². The van der Waals surface area contributed by atoms with Gasteiger partial charge in [0.15, 0.2) is 6.04 Å². The van der Waals surface area contributed by atoms with Crippen LogP contribution in [0.5, 0.6) is 5.75 Å². The largest absolute Gasteiger partial charge is 0.496 e. The number of amides is 3. The molecule has 2 heterocycles. The minimum atomic E-state index is -4.76. The minimum Gasteiger partial charge on any atom is -0.496 e. The van der Waals surface area contributed by atoms with Crippen LogP contribution in [-0.4, -0.2) is 58.8 Å². The van der Waals surface area contributed by atoms with Gasteiger partial charge >= 0.3 is 18.3 Å². The molecule has 1 aliphatic rings. The average molecular weight is 942 g/mol. The lowest BCUT2D eigenvalue weighted by molar-refractivity contribution is -0.146. The van der Waals surface area contributed by atoms with E-state index in [2.05, 4.69) is 10.6 Å². The second-order valence-corrected chi connectivity index (χ2v) is 14.3. The number of aryl methyl sites for hydroxylation is 1. The van der Waals surface area contributed by atoms with Crippen LogP contribution in [0.3, 0.4) is 0 Å². The molecule has 4 aromatic carbocycles. The Morgan fingerprint density at radius 3 is 2.06 bits per heavy atom. The normalized spacial score (nSPS) is 12.7. The van der Waals surface area contributed by atoms with Gasteiger partial charge in [-0.15, -0.1) is 11.3 Å². The van der Waals surface area contributed by atoms with Crippen LogP contribution in [-0.2, 0) is 36.2 Å². The highest BCUT2D eigenvalue weighted by Gasteiger charge is 2.34. The molecule has 1 atom stereocenters. The molecular weight excluding hydrogens is 891 g/mol. The summed E-state index contributed by atoms with van der Waals surface area (Å²) in [6, 6.07) is 16.6. The standard InChI is InChI=1S/C33H31F3N2O6S.C8H5F4NO.2C2H6.CH3F/c1-18-28(24-9-8-23(33(34,35)36)17-27(24)45-18)37-31(40)25-16-21(7-10-26(25)42-2)20-5-4-6-22(15-20)29(32(41)43-3)38-30(39)19-11-13-44-14-12-19;9-7-2-1-5(13-4-14)3-6(7)8(10,11)12;3*1-2/h4-10,15-17,19,29H,11-14H2,1-3H3,(H,37,40)(H,38,39);1-4H,(H,13,14);2*1-2H3;1H3. The number of hydrogen-bond donors (Lipinski definition) is 3. The van der Waals surface area contributed by atoms with Gasteiger partial charge in [0.05, 0.1) is 43.8 Å². The number of benzene rings is 4. The zero-order valence-electron chi connectivity index (χ0n) is 36.9. The molecule has 354 valence electrons. The van der Waals surface area contributed by atoms with Gasteiger partial charge in [-0.2, -0.15) is 26.3 Å². The Morgan fingerprint density at radius 2 is 1.48 bits per heavy atom. The fourth-order valence-electron chi connectivity index (χ4n) is 6.21. The first-order valence-corrected chi connectivity index (χ1v) is 20.9. The monoisotopic (exact) mass is 941 g/mol. The Bertz CT molecular complexity index is 2350. The maximum absolute atomic E-state index is 13.6. The third-order valence-electron chi connectivity index (χ3n) is 9.24. The summed E-state index contributed by atoms with van der Waals surface area (Å²) in [5.74, 6) is -2.73. The summed E-state index contributed by atoms with van der Waals surface area (Å²) in [7, 11) is 3.18. The highest BCUT2D eigenvalue weighted by Crippen LogP contribution is 2.40. The summed E-state index contributed by atoms with van der Waals surface area (Å²) in [6.45, 7) is 10.7. The van der Waals surface area contributed by atoms with Gasteiger partial charge < -0.3 is 30.2 Å². The molecular formula is C46H51F8N3O7S. The van der Waals surface area contributed by atoms with E-state index in [9.17, 15) is 54.3 Å². The van der Waals surface area contributed by atoms with Crippen molar-refractivity contribution in [3.63, 3.8) is 0 Å². The van der Waals surface area contributed by atoms with Crippen LogP contribution in [0, 0.1) is 18.7 Å². The summed E-state index contributed by atoms with van der Waals surface area (Å²) >= 11 is 1.16. The van der Waals surface area contributed by atoms with Crippen molar-refractivity contribution in [3.05, 3.63) is 112 Å². The van der Waals surface area contributed by atoms with E-state index in [4.69, 9.17) is 14.2 Å². The Morgan fingerprint density at radius 1 is 0.831 bits per heavy atom. The molecule has 1 aromatic heterocycles. The van der Waals surface area contributed by atoms with E-state index >= 15 is 0 Å². The van der Waals surface area contributed by atoms with Crippen molar-refractivity contribution in [1.82, 2.24) is 5.32 Å². The van der Waals surface area contributed by atoms with Gasteiger partial charge in [-0.3, -0.25) is 18.8 Å². The Labute approximate surface area is 375 Å². The molecule has 0 radical (unpaired) electrons. The molecule has 0 spiro atoms. The number of esters is 1. The molecule has 0 aliphatic carbocycles. The Balaban J connectivity index is 0.000000610. The number of ether oxygens (including phenoxy) is 3. The molecule has 10 nitrogen and oxygen atoms in total. The maximum Gasteiger partial charge on any atom is 0.419 e. The number of carbonyl (C=O) groups excluding carboxylic acids is 4. The van der Waals surface area contributed by atoms with E-state index < -0.39 is 47.2 Å². The first-order chi connectivity index (χ1) is 30.9. The number of carbonyl (C=O) groups is 4. The second kappa shape index (κ2) is 26.0. The molecule has 0 bridgehead atoms. The molecule has 19 heteroatoms. The maximum atomic E-state index is 13.6. The van der Waals surface area contributed by atoms with Crippen molar-refractivity contribution in [2.45, 2.75) is 65.9 Å². The van der Waals surface area contributed by atoms with Crippen molar-refractivity contribution < 1.29 is 68.5 Å². The molecule has 3 N–H and O–H groups in total. The molecule has 3 amide bonds. The smallest absolute Gasteiger partial charge is 0.419 e. The lowest BCUT2D eigenvalue weighted by atomic mass is 9.96. The van der Waals surface area contributed by atoms with Crippen molar-refractivity contribution in [2.75, 3.05) is 45.2 Å². The summed E-state index contributed by atoms with van der Waals surface area (Å²) in [5, 5.41) is 8.18. The number of rotatable bonds is 10. The quantitative estimate of drug-likeness (QED) is 0.0722. The summed E-state index contributed by atoms with van der Waals surface area (Å²) in [6.07, 6.45) is -7.90. The Kier molecular flexibility index (Phi) is 22.0. The van der Waals surface area contributed by atoms with Gasteiger partial charge in [-0.05, 0) is 85.0 Å². The van der Waals surface area contributed by atoms with Gasteiger partial charge in [0.2, 0.25) is 12.3 Å². The fourth-order valence-corrected chi connectivity index (χ4v) is 7.27. The van der Waals surface area contributed by atoms with Crippen LogP contribution in [0.4, 0.5) is 46.5 Å². The minimum absolute atomic E-state index is 0.103. The summed E-state index contributed by atoms with van der Waals surface area (Å²) in [5.41, 5.74) is 0.147. The molecule has 1 saturated heterocycles. The zero-order chi connectivity index (χ0) is 49.1. The van der Waals surface area contributed by atoms with E-state index in [-0.39, 0.29) is 29.5 Å². The van der Waals surface area contributed by atoms with Crippen LogP contribution >= 0.6 is 11.3 Å². The predicted octanol–water partition coefficient (Wildman–Crippen LogP) is 12.0. The third kappa shape index (κ3) is 15.0. The van der Waals surface area contributed by atoms with Crippen LogP contribution < -0.4 is 20.7 Å². The number of fused-ring (bicyclic) bond motifs is 1. The Hall–Kier alpha value is -6.08. The van der Waals surface area contributed by atoms with Crippen LogP contribution in [0.25, 0.3) is 21.2 Å². The highest BCUT2D eigenvalue weighted by molar-refractivity contribution is 7.19. The average Bonchev–Trinajstić information content (AvgIpc) is 3.63. The van der Waals surface area contributed by atoms with Gasteiger partial charge in [-0.1, -0.05) is 58.0 Å². The lowest BCUT2D eigenvalue weighted by Gasteiger charge is -2.24. The van der Waals surface area contributed by atoms with E-state index in [1.54, 1.807) is 49.4 Å². The van der Waals surface area contributed by atoms with Gasteiger partial charge in [-0.25, -0.2) is 9.18 Å². The SMILES string of the molecule is CC.CC.CF.COC(=O)C(NC(=O)C1CCOCC1)c1cccc(-c2ccc(OC)c(C(=O)Nc3c(C)sc4cc(C(F)(F)F)ccc34)c2)c1.O=CNc1ccc(F)c(C(F)(F)F)c1. The molecule has 0 saturated carbocycles. The van der Waals surface area contributed by atoms with Crippen LogP contribution in [0.15, 0.2) is 78.9 Å². The number of alkyl halides is 7. The lowest BCUT2D eigenvalue weighted by Crippen LogP contribution is -2.40. The molecule has 5 aromatic rings. The third-order valence-corrected chi connectivity index (χ3v) is 10.3. The topological polar surface area (TPSA) is 132 Å². The highest BCUT2D eigenvalue weighted by atomic mass is 32.1. The first kappa shape index (κ1) is 55.1. The fraction of sp³-hybridized carbons (Fsp3) is 0.348. The molecule has 1 aliphatic heterocycles. The zero-order valence-corrected chi connectivity index (χ0v) is 37.7. The van der Waals surface area contributed by atoms with Crippen molar-refractivity contribution >= 4 is 57.0 Å². The number of anilines is 2. The molecule has 6 rings (SSSR count). The van der Waals surface area contributed by atoms with Gasteiger partial charge in [0.1, 0.15) is 11.6 Å². The first-order valence-electron chi connectivity index (χ1n) is 20.1. The molecule has 1 unspecified atom stereocenters. The number of nitrogens with one attached hydrogen (secondary N) is 3. The van der Waals surface area contributed by atoms with E-state index in [1.165, 1.54) is 20.3 Å². The second-order valence-electron chi connectivity index (χ2n) is 13.0. The molecule has 65 heavy (non-hydrogen) atoms. The van der Waals surface area contributed by atoms with Crippen molar-refractivity contribution in [3.8, 4) is 16.9 Å². The summed E-state index contributed by atoms with van der Waals surface area (Å²) in [4.78, 5) is 49.9. The number of methoxy groups -OCH3 is 2. The van der Waals surface area contributed by atoms with E-state index in [0.717, 1.165) is 29.5 Å².